The number of carbonyl (C=O) groups is 1. The molecule has 3 aromatic rings. The van der Waals surface area contributed by atoms with Gasteiger partial charge in [-0.2, -0.15) is 0 Å². The number of fused-ring (bicyclic) bond motifs is 1. The van der Waals surface area contributed by atoms with Crippen molar-refractivity contribution in [3.8, 4) is 22.8 Å². The van der Waals surface area contributed by atoms with E-state index in [-0.39, 0.29) is 25.9 Å². The van der Waals surface area contributed by atoms with Gasteiger partial charge in [0.1, 0.15) is 12.3 Å². The van der Waals surface area contributed by atoms with E-state index >= 15 is 0 Å². The van der Waals surface area contributed by atoms with Gasteiger partial charge in [0.05, 0.1) is 16.7 Å². The highest BCUT2D eigenvalue weighted by molar-refractivity contribution is 6.42. The van der Waals surface area contributed by atoms with Crippen LogP contribution in [0.15, 0.2) is 47.0 Å². The summed E-state index contributed by atoms with van der Waals surface area (Å²) in [5, 5.41) is 7.40. The highest BCUT2D eigenvalue weighted by atomic mass is 35.5. The van der Waals surface area contributed by atoms with Crippen LogP contribution < -0.4 is 14.8 Å². The van der Waals surface area contributed by atoms with E-state index in [1.165, 1.54) is 0 Å². The van der Waals surface area contributed by atoms with E-state index in [9.17, 15) is 4.79 Å². The maximum absolute atomic E-state index is 12.0. The molecule has 1 amide bonds. The van der Waals surface area contributed by atoms with Crippen molar-refractivity contribution in [2.75, 3.05) is 18.7 Å². The van der Waals surface area contributed by atoms with Crippen LogP contribution in [0.5, 0.6) is 11.5 Å². The van der Waals surface area contributed by atoms with Crippen molar-refractivity contribution in [3.63, 3.8) is 0 Å². The number of ether oxygens (including phenoxy) is 3. The average Bonchev–Trinajstić information content (AvgIpc) is 3.33. The monoisotopic (exact) mass is 420 g/mol. The average molecular weight is 421 g/mol. The van der Waals surface area contributed by atoms with Crippen molar-refractivity contribution in [1.29, 1.82) is 0 Å². The van der Waals surface area contributed by atoms with Crippen LogP contribution in [0, 0.1) is 0 Å². The Morgan fingerprint density at radius 2 is 1.93 bits per heavy atom. The van der Waals surface area contributed by atoms with Gasteiger partial charge in [0, 0.05) is 17.3 Å². The summed E-state index contributed by atoms with van der Waals surface area (Å²) in [6.07, 6.45) is 0. The zero-order chi connectivity index (χ0) is 19.5. The molecule has 0 fully saturated rings. The Morgan fingerprint density at radius 1 is 1.07 bits per heavy atom. The quantitative estimate of drug-likeness (QED) is 0.630. The molecule has 0 unspecified atom stereocenters. The summed E-state index contributed by atoms with van der Waals surface area (Å²) in [5.74, 6) is 1.60. The van der Waals surface area contributed by atoms with Gasteiger partial charge in [-0.05, 0) is 36.4 Å². The fourth-order valence-electron chi connectivity index (χ4n) is 2.58. The molecule has 0 spiro atoms. The summed E-state index contributed by atoms with van der Waals surface area (Å²) in [7, 11) is 0. The number of hydrogen-bond acceptors (Lipinski definition) is 6. The summed E-state index contributed by atoms with van der Waals surface area (Å²) >= 11 is 11.8. The van der Waals surface area contributed by atoms with E-state index in [1.54, 1.807) is 24.3 Å². The van der Waals surface area contributed by atoms with Crippen molar-refractivity contribution < 1.29 is 23.5 Å². The van der Waals surface area contributed by atoms with Gasteiger partial charge in [0.2, 0.25) is 12.7 Å². The lowest BCUT2D eigenvalue weighted by atomic mass is 10.1. The number of halogens is 2. The molecule has 4 rings (SSSR count). The summed E-state index contributed by atoms with van der Waals surface area (Å²) in [6.45, 7) is 0.188. The van der Waals surface area contributed by atoms with E-state index in [0.717, 1.165) is 5.56 Å². The van der Waals surface area contributed by atoms with Gasteiger partial charge in [-0.15, -0.1) is 0 Å². The Kier molecular flexibility index (Phi) is 5.38. The maximum Gasteiger partial charge on any atom is 0.250 e. The molecule has 2 heterocycles. The summed E-state index contributed by atoms with van der Waals surface area (Å²) in [4.78, 5) is 12.0. The fourth-order valence-corrected chi connectivity index (χ4v) is 2.88. The van der Waals surface area contributed by atoms with Gasteiger partial charge in [-0.1, -0.05) is 28.4 Å². The van der Waals surface area contributed by atoms with Gasteiger partial charge in [-0.25, -0.2) is 0 Å². The molecular weight excluding hydrogens is 407 g/mol. The SMILES string of the molecule is O=C(COCc1cc(-c2ccc3c(c2)OCO3)on1)Nc1ccc(Cl)c(Cl)c1. The van der Waals surface area contributed by atoms with Crippen molar-refractivity contribution in [3.05, 3.63) is 58.2 Å². The number of nitrogens with one attached hydrogen (secondary N) is 1. The number of amides is 1. The predicted octanol–water partition coefficient (Wildman–Crippen LogP) is 4.53. The van der Waals surface area contributed by atoms with Crippen molar-refractivity contribution in [2.45, 2.75) is 6.61 Å². The number of hydrogen-bond donors (Lipinski definition) is 1. The zero-order valence-corrected chi connectivity index (χ0v) is 15.9. The molecule has 0 aliphatic carbocycles. The fraction of sp³-hybridized carbons (Fsp3) is 0.158. The number of benzene rings is 2. The van der Waals surface area contributed by atoms with E-state index in [0.29, 0.717) is 38.7 Å². The standard InChI is InChI=1S/C19H14Cl2N2O5/c20-14-3-2-12(6-15(14)21)22-19(24)9-25-8-13-7-17(28-23-13)11-1-4-16-18(5-11)27-10-26-16/h1-7H,8-10H2,(H,22,24). The molecule has 2 aromatic carbocycles. The largest absolute Gasteiger partial charge is 0.454 e. The molecule has 0 radical (unpaired) electrons. The van der Waals surface area contributed by atoms with Gasteiger partial charge in [0.15, 0.2) is 17.3 Å². The summed E-state index contributed by atoms with van der Waals surface area (Å²) in [5.41, 5.74) is 1.91. The molecule has 28 heavy (non-hydrogen) atoms. The molecule has 9 heteroatoms. The molecule has 1 aliphatic heterocycles. The first-order valence-electron chi connectivity index (χ1n) is 8.27. The molecular formula is C19H14Cl2N2O5. The lowest BCUT2D eigenvalue weighted by Gasteiger charge is -2.06. The Balaban J connectivity index is 1.30. The number of aromatic nitrogens is 1. The third kappa shape index (κ3) is 4.22. The molecule has 7 nitrogen and oxygen atoms in total. The Morgan fingerprint density at radius 3 is 2.79 bits per heavy atom. The van der Waals surface area contributed by atoms with Gasteiger partial charge in [-0.3, -0.25) is 4.79 Å². The van der Waals surface area contributed by atoms with Crippen molar-refractivity contribution >= 4 is 34.8 Å². The molecule has 0 atom stereocenters. The third-order valence-corrected chi connectivity index (χ3v) is 4.64. The second kappa shape index (κ2) is 8.10. The van der Waals surface area contributed by atoms with E-state index < -0.39 is 0 Å². The second-order valence-corrected chi connectivity index (χ2v) is 6.73. The maximum atomic E-state index is 12.0. The summed E-state index contributed by atoms with van der Waals surface area (Å²) < 4.78 is 21.4. The molecule has 1 aliphatic rings. The van der Waals surface area contributed by atoms with Crippen LogP contribution in [0.4, 0.5) is 5.69 Å². The van der Waals surface area contributed by atoms with Crippen LogP contribution in [0.25, 0.3) is 11.3 Å². The minimum absolute atomic E-state index is 0.128. The zero-order valence-electron chi connectivity index (χ0n) is 14.4. The topological polar surface area (TPSA) is 82.8 Å². The van der Waals surface area contributed by atoms with Crippen molar-refractivity contribution in [1.82, 2.24) is 5.16 Å². The third-order valence-electron chi connectivity index (χ3n) is 3.90. The minimum atomic E-state index is -0.321. The van der Waals surface area contributed by atoms with Gasteiger partial charge < -0.3 is 24.1 Å². The molecule has 144 valence electrons. The lowest BCUT2D eigenvalue weighted by Crippen LogP contribution is -2.18. The molecule has 0 saturated carbocycles. The van der Waals surface area contributed by atoms with Crippen LogP contribution in [0.3, 0.4) is 0 Å². The predicted molar refractivity (Wildman–Crippen MR) is 103 cm³/mol. The van der Waals surface area contributed by atoms with Crippen LogP contribution >= 0.6 is 23.2 Å². The van der Waals surface area contributed by atoms with E-state index in [2.05, 4.69) is 10.5 Å². The Hall–Kier alpha value is -2.74. The highest BCUT2D eigenvalue weighted by Crippen LogP contribution is 2.36. The first kappa shape index (κ1) is 18.6. The minimum Gasteiger partial charge on any atom is -0.454 e. The molecule has 0 bridgehead atoms. The first-order chi connectivity index (χ1) is 13.6. The normalized spacial score (nSPS) is 12.2. The number of rotatable bonds is 6. The molecule has 1 aromatic heterocycles. The Bertz CT molecular complexity index is 1020. The lowest BCUT2D eigenvalue weighted by molar-refractivity contribution is -0.121. The van der Waals surface area contributed by atoms with Gasteiger partial charge in [0.25, 0.3) is 0 Å². The molecule has 0 saturated heterocycles. The van der Waals surface area contributed by atoms with Crippen LogP contribution in [0.1, 0.15) is 5.69 Å². The van der Waals surface area contributed by atoms with Crippen LogP contribution in [-0.2, 0) is 16.1 Å². The highest BCUT2D eigenvalue weighted by Gasteiger charge is 2.16. The smallest absolute Gasteiger partial charge is 0.250 e. The Labute approximate surface area is 170 Å². The van der Waals surface area contributed by atoms with E-state index in [1.807, 2.05) is 18.2 Å². The van der Waals surface area contributed by atoms with Crippen LogP contribution in [0.2, 0.25) is 10.0 Å². The number of nitrogens with zero attached hydrogens (tertiary/aromatic N) is 1. The van der Waals surface area contributed by atoms with E-state index in [4.69, 9.17) is 41.9 Å². The summed E-state index contributed by atoms with van der Waals surface area (Å²) in [6, 6.07) is 12.0. The van der Waals surface area contributed by atoms with Crippen LogP contribution in [-0.4, -0.2) is 24.5 Å². The van der Waals surface area contributed by atoms with Crippen molar-refractivity contribution in [2.24, 2.45) is 0 Å². The first-order valence-corrected chi connectivity index (χ1v) is 9.02. The second-order valence-electron chi connectivity index (χ2n) is 5.92. The number of anilines is 1. The van der Waals surface area contributed by atoms with Gasteiger partial charge >= 0.3 is 0 Å². The molecule has 1 N–H and O–H groups in total. The number of carbonyl (C=O) groups excluding carboxylic acids is 1.